The molecular weight excluding hydrogens is 392 g/mol. The maximum Gasteiger partial charge on any atom is 0.127 e. The number of fused-ring (bicyclic) bond motifs is 3. The lowest BCUT2D eigenvalue weighted by molar-refractivity contribution is 0.417. The summed E-state index contributed by atoms with van der Waals surface area (Å²) in [6.45, 7) is 9.04. The lowest BCUT2D eigenvalue weighted by Crippen LogP contribution is -2.36. The zero-order valence-corrected chi connectivity index (χ0v) is 19.5. The van der Waals surface area contributed by atoms with Crippen LogP contribution < -0.4 is 14.5 Å². The Morgan fingerprint density at radius 1 is 0.625 bits per heavy atom. The van der Waals surface area contributed by atoms with Gasteiger partial charge in [0.1, 0.15) is 5.75 Å². The second-order valence-electron chi connectivity index (χ2n) is 8.98. The van der Waals surface area contributed by atoms with Gasteiger partial charge in [-0.2, -0.15) is 0 Å². The van der Waals surface area contributed by atoms with Gasteiger partial charge in [-0.05, 0) is 74.4 Å². The predicted molar refractivity (Wildman–Crippen MR) is 137 cm³/mol. The summed E-state index contributed by atoms with van der Waals surface area (Å²) in [5, 5.41) is 2.43. The zero-order valence-electron chi connectivity index (χ0n) is 19.5. The number of nitrogens with zero attached hydrogens (tertiary/aromatic N) is 2. The van der Waals surface area contributed by atoms with E-state index in [0.29, 0.717) is 12.1 Å². The molecule has 5 rings (SSSR count). The average molecular weight is 423 g/mol. The van der Waals surface area contributed by atoms with E-state index in [-0.39, 0.29) is 0 Å². The van der Waals surface area contributed by atoms with Crippen molar-refractivity contribution in [2.24, 2.45) is 0 Å². The molecule has 0 saturated carbocycles. The van der Waals surface area contributed by atoms with Crippen LogP contribution in [0.1, 0.15) is 27.7 Å². The number of para-hydroxylation sites is 2. The SMILES string of the molecule is COc1ccc2ccccc2c1-c1ccc2c(c1)N(C(C)C)c1ccccc1N2C(C)C. The molecule has 0 saturated heterocycles. The fourth-order valence-electron chi connectivity index (χ4n) is 5.04. The lowest BCUT2D eigenvalue weighted by atomic mass is 9.94. The third-order valence-corrected chi connectivity index (χ3v) is 6.33. The maximum atomic E-state index is 5.82. The quantitative estimate of drug-likeness (QED) is 0.332. The van der Waals surface area contributed by atoms with E-state index in [9.17, 15) is 0 Å². The van der Waals surface area contributed by atoms with Gasteiger partial charge < -0.3 is 14.5 Å². The Morgan fingerprint density at radius 2 is 1.22 bits per heavy atom. The van der Waals surface area contributed by atoms with E-state index in [2.05, 4.69) is 116 Å². The molecule has 0 bridgehead atoms. The van der Waals surface area contributed by atoms with Crippen LogP contribution >= 0.6 is 0 Å². The summed E-state index contributed by atoms with van der Waals surface area (Å²) in [5.41, 5.74) is 7.32. The molecule has 0 N–H and O–H groups in total. The topological polar surface area (TPSA) is 15.7 Å². The summed E-state index contributed by atoms with van der Waals surface area (Å²) in [7, 11) is 1.75. The fourth-order valence-corrected chi connectivity index (χ4v) is 5.04. The highest BCUT2D eigenvalue weighted by molar-refractivity contribution is 6.02. The Hall–Kier alpha value is -3.46. The van der Waals surface area contributed by atoms with Gasteiger partial charge in [0, 0.05) is 17.6 Å². The monoisotopic (exact) mass is 422 g/mol. The number of hydrogen-bond acceptors (Lipinski definition) is 3. The highest BCUT2D eigenvalue weighted by atomic mass is 16.5. The van der Waals surface area contributed by atoms with Gasteiger partial charge in [-0.15, -0.1) is 0 Å². The summed E-state index contributed by atoms with van der Waals surface area (Å²) in [5.74, 6) is 0.900. The number of hydrogen-bond donors (Lipinski definition) is 0. The molecule has 0 fully saturated rings. The van der Waals surface area contributed by atoms with Crippen LogP contribution in [0.25, 0.3) is 21.9 Å². The summed E-state index contributed by atoms with van der Waals surface area (Å²) in [6, 6.07) is 29.0. The van der Waals surface area contributed by atoms with E-state index in [1.165, 1.54) is 39.1 Å². The number of anilines is 4. The van der Waals surface area contributed by atoms with Crippen LogP contribution in [-0.2, 0) is 0 Å². The number of rotatable bonds is 4. The smallest absolute Gasteiger partial charge is 0.127 e. The van der Waals surface area contributed by atoms with E-state index in [1.54, 1.807) is 7.11 Å². The van der Waals surface area contributed by atoms with Crippen LogP contribution in [0.4, 0.5) is 22.7 Å². The standard InChI is InChI=1S/C29H30N2O/c1-19(2)30-24-12-8-9-13-25(24)31(20(3)4)27-18-22(14-16-26(27)30)29-23-11-7-6-10-21(23)15-17-28(29)32-5/h6-20H,1-5H3. The van der Waals surface area contributed by atoms with Gasteiger partial charge in [0.25, 0.3) is 0 Å². The molecule has 0 atom stereocenters. The molecule has 3 heteroatoms. The van der Waals surface area contributed by atoms with Crippen molar-refractivity contribution < 1.29 is 4.74 Å². The molecule has 1 aliphatic heterocycles. The largest absolute Gasteiger partial charge is 0.496 e. The van der Waals surface area contributed by atoms with Gasteiger partial charge in [0.05, 0.1) is 29.9 Å². The van der Waals surface area contributed by atoms with Gasteiger partial charge in [0.2, 0.25) is 0 Å². The first-order chi connectivity index (χ1) is 15.5. The number of methoxy groups -OCH3 is 1. The van der Waals surface area contributed by atoms with Gasteiger partial charge >= 0.3 is 0 Å². The van der Waals surface area contributed by atoms with E-state index in [4.69, 9.17) is 4.74 Å². The van der Waals surface area contributed by atoms with E-state index in [0.717, 1.165) is 11.3 Å². The summed E-state index contributed by atoms with van der Waals surface area (Å²) < 4.78 is 5.82. The molecule has 0 radical (unpaired) electrons. The summed E-state index contributed by atoms with van der Waals surface area (Å²) in [4.78, 5) is 4.91. The summed E-state index contributed by atoms with van der Waals surface area (Å²) in [6.07, 6.45) is 0. The Labute approximate surface area is 190 Å². The normalized spacial score (nSPS) is 13.0. The minimum Gasteiger partial charge on any atom is -0.496 e. The second-order valence-corrected chi connectivity index (χ2v) is 8.98. The van der Waals surface area contributed by atoms with Crippen molar-refractivity contribution >= 4 is 33.5 Å². The van der Waals surface area contributed by atoms with Crippen molar-refractivity contribution in [1.29, 1.82) is 0 Å². The third kappa shape index (κ3) is 3.12. The molecule has 32 heavy (non-hydrogen) atoms. The van der Waals surface area contributed by atoms with Crippen molar-refractivity contribution in [2.45, 2.75) is 39.8 Å². The molecule has 0 unspecified atom stereocenters. The lowest BCUT2D eigenvalue weighted by Gasteiger charge is -2.44. The predicted octanol–water partition coefficient (Wildman–Crippen LogP) is 7.92. The van der Waals surface area contributed by atoms with Crippen LogP contribution in [0, 0.1) is 0 Å². The highest BCUT2D eigenvalue weighted by Gasteiger charge is 2.31. The average Bonchev–Trinajstić information content (AvgIpc) is 2.80. The first-order valence-electron chi connectivity index (χ1n) is 11.4. The molecule has 0 spiro atoms. The maximum absolute atomic E-state index is 5.82. The van der Waals surface area contributed by atoms with Crippen molar-refractivity contribution in [3.8, 4) is 16.9 Å². The van der Waals surface area contributed by atoms with Crippen molar-refractivity contribution in [2.75, 3.05) is 16.9 Å². The van der Waals surface area contributed by atoms with E-state index in [1.807, 2.05) is 0 Å². The van der Waals surface area contributed by atoms with Crippen molar-refractivity contribution in [1.82, 2.24) is 0 Å². The molecule has 0 aliphatic carbocycles. The first kappa shape index (κ1) is 20.4. The fraction of sp³-hybridized carbons (Fsp3) is 0.241. The van der Waals surface area contributed by atoms with Crippen LogP contribution in [0.5, 0.6) is 5.75 Å². The molecule has 1 aliphatic rings. The van der Waals surface area contributed by atoms with Gasteiger partial charge in [0.15, 0.2) is 0 Å². The van der Waals surface area contributed by atoms with Crippen molar-refractivity contribution in [3.05, 3.63) is 78.9 Å². The van der Waals surface area contributed by atoms with Gasteiger partial charge in [-0.1, -0.05) is 48.5 Å². The molecule has 3 nitrogen and oxygen atoms in total. The van der Waals surface area contributed by atoms with Crippen LogP contribution in [0.2, 0.25) is 0 Å². The Kier molecular flexibility index (Phi) is 5.05. The minimum absolute atomic E-state index is 0.328. The highest BCUT2D eigenvalue weighted by Crippen LogP contribution is 2.51. The molecule has 162 valence electrons. The molecular formula is C29H30N2O. The second kappa shape index (κ2) is 7.90. The zero-order chi connectivity index (χ0) is 22.4. The van der Waals surface area contributed by atoms with Crippen LogP contribution in [-0.4, -0.2) is 19.2 Å². The molecule has 4 aromatic rings. The molecule has 1 heterocycles. The minimum atomic E-state index is 0.328. The van der Waals surface area contributed by atoms with E-state index >= 15 is 0 Å². The molecule has 4 aromatic carbocycles. The van der Waals surface area contributed by atoms with Gasteiger partial charge in [-0.25, -0.2) is 0 Å². The Bertz CT molecular complexity index is 1290. The van der Waals surface area contributed by atoms with Gasteiger partial charge in [-0.3, -0.25) is 0 Å². The van der Waals surface area contributed by atoms with E-state index < -0.39 is 0 Å². The number of benzene rings is 4. The Balaban J connectivity index is 1.79. The van der Waals surface area contributed by atoms with Crippen LogP contribution in [0.3, 0.4) is 0 Å². The van der Waals surface area contributed by atoms with Crippen LogP contribution in [0.15, 0.2) is 78.9 Å². The Morgan fingerprint density at radius 3 is 1.88 bits per heavy atom. The third-order valence-electron chi connectivity index (χ3n) is 6.33. The summed E-state index contributed by atoms with van der Waals surface area (Å²) >= 11 is 0. The number of ether oxygens (including phenoxy) is 1. The first-order valence-corrected chi connectivity index (χ1v) is 11.4. The molecule has 0 aromatic heterocycles. The van der Waals surface area contributed by atoms with Crippen molar-refractivity contribution in [3.63, 3.8) is 0 Å². The molecule has 0 amide bonds.